The number of halogens is 6. The van der Waals surface area contributed by atoms with E-state index in [4.69, 9.17) is 24.5 Å². The monoisotopic (exact) mass is 567 g/mol. The van der Waals surface area contributed by atoms with Gasteiger partial charge in [-0.3, -0.25) is 9.88 Å². The zero-order valence-corrected chi connectivity index (χ0v) is 20.4. The Kier molecular flexibility index (Phi) is 12.2. The second-order valence-corrected chi connectivity index (χ2v) is 10.1. The Morgan fingerprint density at radius 2 is 1.65 bits per heavy atom. The second kappa shape index (κ2) is 13.9. The molecule has 0 bridgehead atoms. The number of carboxylic acids is 2. The van der Waals surface area contributed by atoms with Crippen molar-refractivity contribution in [3.8, 4) is 0 Å². The lowest BCUT2D eigenvalue weighted by molar-refractivity contribution is -0.193. The number of pyridine rings is 1. The first-order valence-electron chi connectivity index (χ1n) is 10.8. The molecule has 212 valence electrons. The summed E-state index contributed by atoms with van der Waals surface area (Å²) in [5.41, 5.74) is 1.18. The standard InChI is InChI=1S/C16H25N3O3S.2C2HF3O2/c1-2-8-23(20,21)19-12-15-11-18(6-7-22-16(15)13-19)10-14-4-3-5-17-9-14;2*3-2(4,5)1(6)7/h3-5,9,15-16H,2,6-8,10-13H2,1H3;2*(H,6,7)/t15-,16+;;/m0../s1. The number of aromatic nitrogens is 1. The summed E-state index contributed by atoms with van der Waals surface area (Å²) in [5.74, 6) is -5.04. The summed E-state index contributed by atoms with van der Waals surface area (Å²) in [6, 6.07) is 4.02. The maximum absolute atomic E-state index is 12.3. The summed E-state index contributed by atoms with van der Waals surface area (Å²) < 4.78 is 95.6. The third-order valence-corrected chi connectivity index (χ3v) is 7.06. The molecule has 10 nitrogen and oxygen atoms in total. The molecule has 0 aromatic carbocycles. The fraction of sp³-hybridized carbons (Fsp3) is 0.650. The van der Waals surface area contributed by atoms with Crippen LogP contribution >= 0.6 is 0 Å². The molecule has 2 atom stereocenters. The van der Waals surface area contributed by atoms with Crippen LogP contribution in [0.3, 0.4) is 0 Å². The molecule has 2 fully saturated rings. The first kappa shape index (κ1) is 32.5. The van der Waals surface area contributed by atoms with Crippen molar-refractivity contribution < 1.29 is 59.3 Å². The number of fused-ring (bicyclic) bond motifs is 1. The third-order valence-electron chi connectivity index (χ3n) is 5.05. The van der Waals surface area contributed by atoms with Crippen LogP contribution in [0.4, 0.5) is 26.3 Å². The second-order valence-electron chi connectivity index (χ2n) is 8.00. The molecule has 37 heavy (non-hydrogen) atoms. The minimum absolute atomic E-state index is 0.0283. The van der Waals surface area contributed by atoms with Crippen LogP contribution in [-0.4, -0.2) is 102 Å². The summed E-state index contributed by atoms with van der Waals surface area (Å²) >= 11 is 0. The van der Waals surface area contributed by atoms with Crippen molar-refractivity contribution in [2.75, 3.05) is 38.5 Å². The molecule has 2 aliphatic rings. The van der Waals surface area contributed by atoms with Gasteiger partial charge in [0.1, 0.15) is 0 Å². The minimum atomic E-state index is -5.08. The van der Waals surface area contributed by atoms with Crippen molar-refractivity contribution >= 4 is 22.0 Å². The number of alkyl halides is 6. The number of rotatable bonds is 5. The molecular weight excluding hydrogens is 540 g/mol. The van der Waals surface area contributed by atoms with Gasteiger partial charge in [0.15, 0.2) is 0 Å². The number of carbonyl (C=O) groups is 2. The van der Waals surface area contributed by atoms with Crippen LogP contribution in [0.5, 0.6) is 0 Å². The van der Waals surface area contributed by atoms with Gasteiger partial charge in [0, 0.05) is 51.0 Å². The Morgan fingerprint density at radius 1 is 1.08 bits per heavy atom. The van der Waals surface area contributed by atoms with Crippen molar-refractivity contribution in [1.29, 1.82) is 0 Å². The highest BCUT2D eigenvalue weighted by atomic mass is 32.2. The average molecular weight is 568 g/mol. The Hall–Kier alpha value is -2.50. The van der Waals surface area contributed by atoms with E-state index in [1.807, 2.05) is 19.2 Å². The van der Waals surface area contributed by atoms with Gasteiger partial charge >= 0.3 is 24.3 Å². The maximum Gasteiger partial charge on any atom is 0.490 e. The Morgan fingerprint density at radius 3 is 2.11 bits per heavy atom. The summed E-state index contributed by atoms with van der Waals surface area (Å²) in [6.07, 6.45) is -5.82. The van der Waals surface area contributed by atoms with Gasteiger partial charge in [-0.15, -0.1) is 0 Å². The predicted octanol–water partition coefficient (Wildman–Crippen LogP) is 2.22. The van der Waals surface area contributed by atoms with Crippen LogP contribution in [0.25, 0.3) is 0 Å². The van der Waals surface area contributed by atoms with E-state index in [0.29, 0.717) is 26.1 Å². The zero-order valence-electron chi connectivity index (χ0n) is 19.6. The summed E-state index contributed by atoms with van der Waals surface area (Å²) in [6.45, 7) is 6.23. The molecule has 1 aromatic rings. The Labute approximate surface area is 208 Å². The topological polar surface area (TPSA) is 137 Å². The van der Waals surface area contributed by atoms with E-state index < -0.39 is 34.3 Å². The van der Waals surface area contributed by atoms with Gasteiger partial charge < -0.3 is 14.9 Å². The third kappa shape index (κ3) is 11.6. The molecular formula is C20H27F6N3O7S. The lowest BCUT2D eigenvalue weighted by Gasteiger charge is -2.23. The van der Waals surface area contributed by atoms with Crippen LogP contribution < -0.4 is 0 Å². The fourth-order valence-electron chi connectivity index (χ4n) is 3.43. The SMILES string of the molecule is CCCS(=O)(=O)N1C[C@@H]2CN(Cc3cccnc3)CCO[C@@H]2C1.O=C(O)C(F)(F)F.O=C(O)C(F)(F)F. The highest BCUT2D eigenvalue weighted by molar-refractivity contribution is 7.89. The number of hydrogen-bond donors (Lipinski definition) is 2. The van der Waals surface area contributed by atoms with Crippen molar-refractivity contribution in [3.05, 3.63) is 30.1 Å². The number of sulfonamides is 1. The van der Waals surface area contributed by atoms with Gasteiger partial charge in [0.25, 0.3) is 0 Å². The number of carboxylic acid groups (broad SMARTS) is 2. The first-order chi connectivity index (χ1) is 17.0. The van der Waals surface area contributed by atoms with E-state index in [1.54, 1.807) is 10.5 Å². The number of nitrogens with zero attached hydrogens (tertiary/aromatic N) is 3. The molecule has 0 radical (unpaired) electrons. The summed E-state index contributed by atoms with van der Waals surface area (Å²) in [4.78, 5) is 24.3. The van der Waals surface area contributed by atoms with Crippen LogP contribution in [0, 0.1) is 5.92 Å². The smallest absolute Gasteiger partial charge is 0.475 e. The predicted molar refractivity (Wildman–Crippen MR) is 116 cm³/mol. The normalized spacial score (nSPS) is 20.9. The molecule has 0 aliphatic carbocycles. The number of aliphatic carboxylic acids is 2. The van der Waals surface area contributed by atoms with E-state index in [-0.39, 0.29) is 17.8 Å². The van der Waals surface area contributed by atoms with E-state index >= 15 is 0 Å². The van der Waals surface area contributed by atoms with Gasteiger partial charge in [0.2, 0.25) is 10.0 Å². The molecule has 1 aromatic heterocycles. The molecule has 2 N–H and O–H groups in total. The van der Waals surface area contributed by atoms with Gasteiger partial charge in [-0.25, -0.2) is 18.0 Å². The average Bonchev–Trinajstić information content (AvgIpc) is 3.08. The molecule has 0 unspecified atom stereocenters. The van der Waals surface area contributed by atoms with E-state index in [9.17, 15) is 34.8 Å². The van der Waals surface area contributed by atoms with Crippen LogP contribution in [0.1, 0.15) is 18.9 Å². The molecule has 17 heteroatoms. The lowest BCUT2D eigenvalue weighted by Crippen LogP contribution is -2.34. The van der Waals surface area contributed by atoms with E-state index in [1.165, 1.54) is 5.56 Å². The number of hydrogen-bond acceptors (Lipinski definition) is 7. The molecule has 3 rings (SSSR count). The van der Waals surface area contributed by atoms with Gasteiger partial charge in [-0.1, -0.05) is 13.0 Å². The van der Waals surface area contributed by atoms with E-state index in [0.717, 1.165) is 19.6 Å². The van der Waals surface area contributed by atoms with Gasteiger partial charge in [-0.2, -0.15) is 30.6 Å². The van der Waals surface area contributed by atoms with Crippen molar-refractivity contribution in [2.24, 2.45) is 5.92 Å². The fourth-order valence-corrected chi connectivity index (χ4v) is 5.00. The largest absolute Gasteiger partial charge is 0.490 e. The summed E-state index contributed by atoms with van der Waals surface area (Å²) in [5, 5.41) is 14.2. The van der Waals surface area contributed by atoms with Gasteiger partial charge in [0.05, 0.1) is 18.5 Å². The Balaban J connectivity index is 0.000000404. The Bertz CT molecular complexity index is 953. The van der Waals surface area contributed by atoms with Crippen molar-refractivity contribution in [3.63, 3.8) is 0 Å². The first-order valence-corrected chi connectivity index (χ1v) is 12.4. The molecule has 3 heterocycles. The highest BCUT2D eigenvalue weighted by Gasteiger charge is 2.41. The van der Waals surface area contributed by atoms with Crippen LogP contribution in [-0.2, 0) is 30.9 Å². The zero-order chi connectivity index (χ0) is 28.4. The minimum Gasteiger partial charge on any atom is -0.475 e. The van der Waals surface area contributed by atoms with Crippen LogP contribution in [0.15, 0.2) is 24.5 Å². The van der Waals surface area contributed by atoms with Crippen molar-refractivity contribution in [2.45, 2.75) is 38.3 Å². The van der Waals surface area contributed by atoms with Crippen LogP contribution in [0.2, 0.25) is 0 Å². The maximum atomic E-state index is 12.3. The molecule has 0 amide bonds. The molecule has 2 aliphatic heterocycles. The highest BCUT2D eigenvalue weighted by Crippen LogP contribution is 2.26. The van der Waals surface area contributed by atoms with Gasteiger partial charge in [-0.05, 0) is 18.1 Å². The molecule has 2 saturated heterocycles. The summed E-state index contributed by atoms with van der Waals surface area (Å²) in [7, 11) is -3.13. The molecule has 0 saturated carbocycles. The molecule has 0 spiro atoms. The van der Waals surface area contributed by atoms with E-state index in [2.05, 4.69) is 16.0 Å². The quantitative estimate of drug-likeness (QED) is 0.513. The lowest BCUT2D eigenvalue weighted by atomic mass is 10.1. The van der Waals surface area contributed by atoms with Crippen molar-refractivity contribution in [1.82, 2.24) is 14.2 Å². The number of ether oxygens (including phenoxy) is 1.